The number of amides is 1. The highest BCUT2D eigenvalue weighted by atomic mass is 16.5. The van der Waals surface area contributed by atoms with E-state index in [-0.39, 0.29) is 11.9 Å². The molecule has 2 aromatic heterocycles. The number of fused-ring (bicyclic) bond motifs is 1. The van der Waals surface area contributed by atoms with Crippen molar-refractivity contribution < 1.29 is 14.3 Å². The van der Waals surface area contributed by atoms with E-state index in [0.717, 1.165) is 11.1 Å². The first kappa shape index (κ1) is 26.4. The van der Waals surface area contributed by atoms with E-state index in [0.29, 0.717) is 78.9 Å². The van der Waals surface area contributed by atoms with Crippen molar-refractivity contribution in [2.45, 2.75) is 12.8 Å². The summed E-state index contributed by atoms with van der Waals surface area (Å²) in [6, 6.07) is 12.8. The van der Waals surface area contributed by atoms with E-state index >= 15 is 0 Å². The van der Waals surface area contributed by atoms with Gasteiger partial charge in [0.25, 0.3) is 0 Å². The van der Waals surface area contributed by atoms with Crippen LogP contribution < -0.4 is 20.1 Å². The number of ether oxygens (including phenoxy) is 2. The van der Waals surface area contributed by atoms with Gasteiger partial charge in [0.05, 0.1) is 26.1 Å². The van der Waals surface area contributed by atoms with Crippen LogP contribution in [0.1, 0.15) is 12.0 Å². The van der Waals surface area contributed by atoms with Crippen LogP contribution in [0.5, 0.6) is 11.5 Å². The number of methoxy groups -OCH3 is 2. The molecule has 13 heteroatoms. The van der Waals surface area contributed by atoms with Gasteiger partial charge < -0.3 is 25.0 Å². The normalized spacial score (nSPS) is 13.2. The van der Waals surface area contributed by atoms with Gasteiger partial charge >= 0.3 is 0 Å². The Kier molecular flexibility index (Phi) is 7.74. The summed E-state index contributed by atoms with van der Waals surface area (Å²) in [5.74, 6) is 1.99. The van der Waals surface area contributed by atoms with Crippen LogP contribution in [0.15, 0.2) is 53.8 Å². The first-order valence-corrected chi connectivity index (χ1v) is 12.7. The Balaban J connectivity index is 1.29. The van der Waals surface area contributed by atoms with E-state index in [1.54, 1.807) is 32.5 Å². The molecule has 1 aliphatic heterocycles. The van der Waals surface area contributed by atoms with Crippen LogP contribution in [0.25, 0.3) is 32.9 Å². The third-order valence-corrected chi connectivity index (χ3v) is 6.74. The fourth-order valence-electron chi connectivity index (χ4n) is 4.62. The van der Waals surface area contributed by atoms with Gasteiger partial charge in [-0.15, -0.1) is 0 Å². The Morgan fingerprint density at radius 1 is 1.02 bits per heavy atom. The molecule has 0 spiro atoms. The van der Waals surface area contributed by atoms with Crippen molar-refractivity contribution >= 4 is 34.5 Å². The SMILES string of the molecule is COc1ccc(-c2cnc3nc(N)nc(N4CCN(C(=O)CCc5ccc(N=[N+]=[N-])cc5)CC4)c3n2)cc1OC. The summed E-state index contributed by atoms with van der Waals surface area (Å²) in [5.41, 5.74) is 18.5. The van der Waals surface area contributed by atoms with Gasteiger partial charge in [-0.05, 0) is 35.7 Å². The Labute approximate surface area is 230 Å². The molecule has 4 aromatic rings. The molecule has 0 atom stereocenters. The summed E-state index contributed by atoms with van der Waals surface area (Å²) in [6.07, 6.45) is 2.64. The number of benzene rings is 2. The van der Waals surface area contributed by atoms with E-state index in [4.69, 9.17) is 25.7 Å². The van der Waals surface area contributed by atoms with Crippen molar-refractivity contribution in [1.82, 2.24) is 24.8 Å². The van der Waals surface area contributed by atoms with Crippen molar-refractivity contribution in [3.8, 4) is 22.8 Å². The molecule has 5 rings (SSSR count). The number of hydrogen-bond acceptors (Lipinski definition) is 10. The quantitative estimate of drug-likeness (QED) is 0.198. The lowest BCUT2D eigenvalue weighted by Gasteiger charge is -2.35. The highest BCUT2D eigenvalue weighted by molar-refractivity contribution is 5.86. The average molecular weight is 541 g/mol. The predicted octanol–water partition coefficient (Wildman–Crippen LogP) is 3.91. The van der Waals surface area contributed by atoms with Crippen molar-refractivity contribution in [3.05, 3.63) is 64.7 Å². The molecule has 1 saturated heterocycles. The summed E-state index contributed by atoms with van der Waals surface area (Å²) in [6.45, 7) is 2.23. The number of rotatable bonds is 8. The number of piperazine rings is 1. The number of carbonyl (C=O) groups excluding carboxylic acids is 1. The number of aryl methyl sites for hydroxylation is 1. The minimum Gasteiger partial charge on any atom is -0.493 e. The van der Waals surface area contributed by atoms with Crippen LogP contribution in [0.3, 0.4) is 0 Å². The van der Waals surface area contributed by atoms with E-state index in [1.165, 1.54) is 0 Å². The zero-order valence-corrected chi connectivity index (χ0v) is 22.2. The number of nitrogens with two attached hydrogens (primary N) is 1. The van der Waals surface area contributed by atoms with Crippen LogP contribution in [0.4, 0.5) is 17.5 Å². The Hall–Kier alpha value is -5.16. The third-order valence-electron chi connectivity index (χ3n) is 6.74. The Morgan fingerprint density at radius 2 is 1.77 bits per heavy atom. The number of aromatic nitrogens is 4. The van der Waals surface area contributed by atoms with E-state index < -0.39 is 0 Å². The standard InChI is InChI=1S/C27H28N10O3/c1-39-21-9-6-18(15-22(21)40-2)20-16-30-25-24(31-20)26(33-27(28)32-25)37-13-11-36(12-14-37)23(38)10-5-17-3-7-19(8-4-17)34-35-29/h3-4,6-9,15-16H,5,10-14H2,1-2H3,(H2,28,30,32,33). The molecule has 1 aliphatic rings. The summed E-state index contributed by atoms with van der Waals surface area (Å²) in [4.78, 5) is 37.7. The summed E-state index contributed by atoms with van der Waals surface area (Å²) >= 11 is 0. The molecule has 2 N–H and O–H groups in total. The second-order valence-corrected chi connectivity index (χ2v) is 9.13. The number of azide groups is 1. The first-order valence-electron chi connectivity index (χ1n) is 12.7. The molecule has 3 heterocycles. The summed E-state index contributed by atoms with van der Waals surface area (Å²) < 4.78 is 10.8. The maximum atomic E-state index is 12.9. The Morgan fingerprint density at radius 3 is 2.48 bits per heavy atom. The smallest absolute Gasteiger partial charge is 0.224 e. The second kappa shape index (κ2) is 11.7. The lowest BCUT2D eigenvalue weighted by molar-refractivity contribution is -0.131. The second-order valence-electron chi connectivity index (χ2n) is 9.13. The Bertz CT molecular complexity index is 1580. The van der Waals surface area contributed by atoms with Crippen molar-refractivity contribution in [1.29, 1.82) is 0 Å². The molecule has 1 fully saturated rings. The highest BCUT2D eigenvalue weighted by Gasteiger charge is 2.24. The molecule has 13 nitrogen and oxygen atoms in total. The molecule has 40 heavy (non-hydrogen) atoms. The predicted molar refractivity (Wildman–Crippen MR) is 150 cm³/mol. The molecular formula is C27H28N10O3. The van der Waals surface area contributed by atoms with Crippen LogP contribution in [0, 0.1) is 0 Å². The number of nitrogen functional groups attached to an aromatic ring is 1. The summed E-state index contributed by atoms with van der Waals surface area (Å²) in [5, 5.41) is 3.57. The largest absolute Gasteiger partial charge is 0.493 e. The van der Waals surface area contributed by atoms with E-state index in [9.17, 15) is 4.79 Å². The number of anilines is 2. The fourth-order valence-corrected chi connectivity index (χ4v) is 4.62. The van der Waals surface area contributed by atoms with Gasteiger partial charge in [-0.25, -0.2) is 9.97 Å². The third kappa shape index (κ3) is 5.64. The monoisotopic (exact) mass is 540 g/mol. The van der Waals surface area contributed by atoms with Crippen molar-refractivity contribution in [2.75, 3.05) is 51.0 Å². The minimum atomic E-state index is 0.0846. The molecule has 0 bridgehead atoms. The van der Waals surface area contributed by atoms with Crippen LogP contribution in [-0.4, -0.2) is 71.1 Å². The molecule has 204 valence electrons. The summed E-state index contributed by atoms with van der Waals surface area (Å²) in [7, 11) is 3.17. The molecule has 0 aliphatic carbocycles. The molecule has 0 radical (unpaired) electrons. The van der Waals surface area contributed by atoms with Gasteiger partial charge in [-0.1, -0.05) is 29.4 Å². The van der Waals surface area contributed by atoms with E-state index in [2.05, 4.69) is 29.9 Å². The molecular weight excluding hydrogens is 512 g/mol. The van der Waals surface area contributed by atoms with Crippen LogP contribution in [-0.2, 0) is 11.2 Å². The average Bonchev–Trinajstić information content (AvgIpc) is 2.99. The fraction of sp³-hybridized carbons (Fsp3) is 0.296. The maximum Gasteiger partial charge on any atom is 0.224 e. The molecule has 0 unspecified atom stereocenters. The van der Waals surface area contributed by atoms with Gasteiger partial charge in [0.1, 0.15) is 0 Å². The maximum absolute atomic E-state index is 12.9. The van der Waals surface area contributed by atoms with Gasteiger partial charge in [0.2, 0.25) is 11.9 Å². The first-order chi connectivity index (χ1) is 19.5. The lowest BCUT2D eigenvalue weighted by atomic mass is 10.1. The zero-order valence-electron chi connectivity index (χ0n) is 22.2. The van der Waals surface area contributed by atoms with Crippen LogP contribution >= 0.6 is 0 Å². The minimum absolute atomic E-state index is 0.0846. The number of nitrogens with zero attached hydrogens (tertiary/aromatic N) is 9. The molecule has 0 saturated carbocycles. The van der Waals surface area contributed by atoms with Gasteiger partial charge in [-0.3, -0.25) is 4.79 Å². The number of carbonyl (C=O) groups is 1. The molecule has 1 amide bonds. The van der Waals surface area contributed by atoms with Crippen molar-refractivity contribution in [3.63, 3.8) is 0 Å². The van der Waals surface area contributed by atoms with Crippen molar-refractivity contribution in [2.24, 2.45) is 5.11 Å². The van der Waals surface area contributed by atoms with Crippen LogP contribution in [0.2, 0.25) is 0 Å². The van der Waals surface area contributed by atoms with Gasteiger partial charge in [-0.2, -0.15) is 9.97 Å². The zero-order chi connectivity index (χ0) is 28.1. The van der Waals surface area contributed by atoms with Gasteiger partial charge in [0.15, 0.2) is 28.5 Å². The number of hydrogen-bond donors (Lipinski definition) is 1. The highest BCUT2D eigenvalue weighted by Crippen LogP contribution is 2.33. The topological polar surface area (TPSA) is 168 Å². The lowest BCUT2D eigenvalue weighted by Crippen LogP contribution is -2.49. The molecule has 2 aromatic carbocycles. The van der Waals surface area contributed by atoms with E-state index in [1.807, 2.05) is 35.2 Å². The van der Waals surface area contributed by atoms with Gasteiger partial charge in [0, 0.05) is 48.8 Å².